The molecule has 1 aromatic heterocycles. The molecule has 17 heavy (non-hydrogen) atoms. The Bertz CT molecular complexity index is 354. The highest BCUT2D eigenvalue weighted by atomic mass is 35.5. The largest absolute Gasteiger partial charge is 0.481 e. The second-order valence-electron chi connectivity index (χ2n) is 4.01. The summed E-state index contributed by atoms with van der Waals surface area (Å²) >= 11 is 5.67. The second-order valence-corrected chi connectivity index (χ2v) is 4.40. The first-order valence-corrected chi connectivity index (χ1v) is 6.04. The van der Waals surface area contributed by atoms with E-state index in [0.717, 1.165) is 18.4 Å². The molecule has 0 bridgehead atoms. The van der Waals surface area contributed by atoms with Gasteiger partial charge in [0.15, 0.2) is 0 Å². The van der Waals surface area contributed by atoms with Crippen molar-refractivity contribution in [3.63, 3.8) is 0 Å². The van der Waals surface area contributed by atoms with Gasteiger partial charge in [0, 0.05) is 6.20 Å². The van der Waals surface area contributed by atoms with Crippen LogP contribution in [0, 0.1) is 5.92 Å². The first-order chi connectivity index (χ1) is 8.13. The first-order valence-electron chi connectivity index (χ1n) is 5.66. The Morgan fingerprint density at radius 3 is 2.76 bits per heavy atom. The van der Waals surface area contributed by atoms with Crippen molar-refractivity contribution in [2.24, 2.45) is 11.7 Å². The van der Waals surface area contributed by atoms with Crippen molar-refractivity contribution in [1.82, 2.24) is 4.98 Å². The van der Waals surface area contributed by atoms with Crippen LogP contribution >= 0.6 is 11.6 Å². The van der Waals surface area contributed by atoms with Crippen LogP contribution in [0.4, 0.5) is 0 Å². The SMILES string of the molecule is NCCCCC(Cc1ccc(Cl)nc1)C(=O)O. The Morgan fingerprint density at radius 2 is 2.24 bits per heavy atom. The van der Waals surface area contributed by atoms with E-state index in [1.165, 1.54) is 0 Å². The first kappa shape index (κ1) is 13.9. The number of carbonyl (C=O) groups is 1. The zero-order chi connectivity index (χ0) is 12.7. The lowest BCUT2D eigenvalue weighted by Crippen LogP contribution is -2.17. The topological polar surface area (TPSA) is 76.2 Å². The summed E-state index contributed by atoms with van der Waals surface area (Å²) in [5.74, 6) is -1.14. The third-order valence-electron chi connectivity index (χ3n) is 2.63. The maximum atomic E-state index is 11.1. The molecule has 0 aromatic carbocycles. The number of rotatable bonds is 7. The molecule has 94 valence electrons. The molecule has 0 radical (unpaired) electrons. The Hall–Kier alpha value is -1.13. The molecule has 1 rings (SSSR count). The number of nitrogens with zero attached hydrogens (tertiary/aromatic N) is 1. The monoisotopic (exact) mass is 256 g/mol. The quantitative estimate of drug-likeness (QED) is 0.579. The molecule has 1 unspecified atom stereocenters. The molecule has 4 nitrogen and oxygen atoms in total. The highest BCUT2D eigenvalue weighted by Crippen LogP contribution is 2.16. The zero-order valence-corrected chi connectivity index (χ0v) is 10.4. The Balaban J connectivity index is 2.54. The van der Waals surface area contributed by atoms with E-state index >= 15 is 0 Å². The van der Waals surface area contributed by atoms with Gasteiger partial charge in [0.2, 0.25) is 0 Å². The molecule has 0 aliphatic carbocycles. The highest BCUT2D eigenvalue weighted by molar-refractivity contribution is 6.29. The second kappa shape index (κ2) is 7.25. The Labute approximate surface area is 106 Å². The summed E-state index contributed by atoms with van der Waals surface area (Å²) in [5.41, 5.74) is 6.29. The van der Waals surface area contributed by atoms with Crippen LogP contribution in [0.1, 0.15) is 24.8 Å². The molecule has 3 N–H and O–H groups in total. The lowest BCUT2D eigenvalue weighted by molar-refractivity contribution is -0.142. The van der Waals surface area contributed by atoms with Crippen molar-refractivity contribution in [1.29, 1.82) is 0 Å². The molecule has 1 heterocycles. The standard InChI is InChI=1S/C12H17ClN2O2/c13-11-5-4-9(8-15-11)7-10(12(16)17)3-1-2-6-14/h4-5,8,10H,1-3,6-7,14H2,(H,16,17). The van der Waals surface area contributed by atoms with E-state index in [0.29, 0.717) is 24.5 Å². The fourth-order valence-electron chi connectivity index (χ4n) is 1.66. The molecule has 0 spiro atoms. The van der Waals surface area contributed by atoms with Gasteiger partial charge in [-0.25, -0.2) is 4.98 Å². The van der Waals surface area contributed by atoms with Gasteiger partial charge in [-0.1, -0.05) is 24.1 Å². The van der Waals surface area contributed by atoms with E-state index in [4.69, 9.17) is 22.4 Å². The van der Waals surface area contributed by atoms with Gasteiger partial charge < -0.3 is 10.8 Å². The van der Waals surface area contributed by atoms with Crippen molar-refractivity contribution in [2.45, 2.75) is 25.7 Å². The van der Waals surface area contributed by atoms with E-state index in [1.807, 2.05) is 6.07 Å². The summed E-state index contributed by atoms with van der Waals surface area (Å²) in [4.78, 5) is 15.0. The van der Waals surface area contributed by atoms with Crippen LogP contribution in [0.2, 0.25) is 5.15 Å². The molecule has 1 atom stereocenters. The minimum absolute atomic E-state index is 0.371. The maximum Gasteiger partial charge on any atom is 0.306 e. The van der Waals surface area contributed by atoms with E-state index in [-0.39, 0.29) is 5.92 Å². The average molecular weight is 257 g/mol. The van der Waals surface area contributed by atoms with Crippen LogP contribution in [0.3, 0.4) is 0 Å². The molecule has 0 aliphatic heterocycles. The number of unbranched alkanes of at least 4 members (excludes halogenated alkanes) is 1. The van der Waals surface area contributed by atoms with Crippen molar-refractivity contribution in [3.8, 4) is 0 Å². The summed E-state index contributed by atoms with van der Waals surface area (Å²) in [6.45, 7) is 0.606. The predicted octanol–water partition coefficient (Wildman–Crippen LogP) is 2.11. The number of nitrogens with two attached hydrogens (primary N) is 1. The number of pyridine rings is 1. The summed E-state index contributed by atoms with van der Waals surface area (Å²) in [7, 11) is 0. The van der Waals surface area contributed by atoms with Crippen LogP contribution in [-0.2, 0) is 11.2 Å². The van der Waals surface area contributed by atoms with Gasteiger partial charge in [0.05, 0.1) is 5.92 Å². The highest BCUT2D eigenvalue weighted by Gasteiger charge is 2.17. The maximum absolute atomic E-state index is 11.1. The van der Waals surface area contributed by atoms with Crippen molar-refractivity contribution in [3.05, 3.63) is 29.0 Å². The number of carboxylic acids is 1. The number of hydrogen-bond donors (Lipinski definition) is 2. The van der Waals surface area contributed by atoms with Crippen LogP contribution < -0.4 is 5.73 Å². The van der Waals surface area contributed by atoms with Gasteiger partial charge >= 0.3 is 5.97 Å². The number of halogens is 1. The van der Waals surface area contributed by atoms with Crippen LogP contribution in [0.15, 0.2) is 18.3 Å². The minimum atomic E-state index is -0.767. The third kappa shape index (κ3) is 5.15. The van der Waals surface area contributed by atoms with Gasteiger partial charge in [-0.3, -0.25) is 4.79 Å². The molecule has 0 saturated heterocycles. The Kier molecular flexibility index (Phi) is 5.94. The van der Waals surface area contributed by atoms with E-state index in [9.17, 15) is 4.79 Å². The lowest BCUT2D eigenvalue weighted by atomic mass is 9.95. The average Bonchev–Trinajstić information content (AvgIpc) is 2.30. The minimum Gasteiger partial charge on any atom is -0.481 e. The molecule has 0 aliphatic rings. The van der Waals surface area contributed by atoms with E-state index in [2.05, 4.69) is 4.98 Å². The third-order valence-corrected chi connectivity index (χ3v) is 2.85. The van der Waals surface area contributed by atoms with Crippen molar-refractivity contribution < 1.29 is 9.90 Å². The molecular formula is C12H17ClN2O2. The van der Waals surface area contributed by atoms with E-state index in [1.54, 1.807) is 12.3 Å². The number of aliphatic carboxylic acids is 1. The van der Waals surface area contributed by atoms with Gasteiger partial charge in [-0.2, -0.15) is 0 Å². The van der Waals surface area contributed by atoms with Crippen LogP contribution in [-0.4, -0.2) is 22.6 Å². The molecule has 5 heteroatoms. The smallest absolute Gasteiger partial charge is 0.306 e. The summed E-state index contributed by atoms with van der Waals surface area (Å²) < 4.78 is 0. The summed E-state index contributed by atoms with van der Waals surface area (Å²) in [5, 5.41) is 9.53. The molecular weight excluding hydrogens is 240 g/mol. The van der Waals surface area contributed by atoms with Crippen LogP contribution in [0.25, 0.3) is 0 Å². The predicted molar refractivity (Wildman–Crippen MR) is 67.0 cm³/mol. The van der Waals surface area contributed by atoms with Crippen molar-refractivity contribution in [2.75, 3.05) is 6.54 Å². The summed E-state index contributed by atoms with van der Waals surface area (Å²) in [6.07, 6.45) is 4.47. The zero-order valence-electron chi connectivity index (χ0n) is 9.60. The van der Waals surface area contributed by atoms with Crippen LogP contribution in [0.5, 0.6) is 0 Å². The van der Waals surface area contributed by atoms with E-state index < -0.39 is 5.97 Å². The normalized spacial score (nSPS) is 12.4. The van der Waals surface area contributed by atoms with Gasteiger partial charge in [-0.15, -0.1) is 0 Å². The molecule has 0 amide bonds. The van der Waals surface area contributed by atoms with Gasteiger partial charge in [-0.05, 0) is 37.4 Å². The van der Waals surface area contributed by atoms with Crippen molar-refractivity contribution >= 4 is 17.6 Å². The number of aromatic nitrogens is 1. The lowest BCUT2D eigenvalue weighted by Gasteiger charge is -2.11. The number of hydrogen-bond acceptors (Lipinski definition) is 3. The van der Waals surface area contributed by atoms with Gasteiger partial charge in [0.1, 0.15) is 5.15 Å². The Morgan fingerprint density at radius 1 is 1.47 bits per heavy atom. The fraction of sp³-hybridized carbons (Fsp3) is 0.500. The van der Waals surface area contributed by atoms with Gasteiger partial charge in [0.25, 0.3) is 0 Å². The molecule has 0 saturated carbocycles. The number of carboxylic acid groups (broad SMARTS) is 1. The summed E-state index contributed by atoms with van der Waals surface area (Å²) in [6, 6.07) is 3.49. The molecule has 1 aromatic rings. The fourth-order valence-corrected chi connectivity index (χ4v) is 1.77. The molecule has 0 fully saturated rings.